The molecule has 1 aliphatic rings. The Morgan fingerprint density at radius 2 is 1.73 bits per heavy atom. The molecule has 1 aliphatic carbocycles. The van der Waals surface area contributed by atoms with Gasteiger partial charge in [-0.1, -0.05) is 76.9 Å². The molecule has 2 nitrogen and oxygen atoms in total. The van der Waals surface area contributed by atoms with Crippen LogP contribution in [0, 0.1) is 5.95 Å². The van der Waals surface area contributed by atoms with E-state index in [1.165, 1.54) is 37.4 Å². The Kier molecular flexibility index (Phi) is 5.21. The molecule has 0 radical (unpaired) electrons. The Morgan fingerprint density at radius 3 is 2.38 bits per heavy atom. The van der Waals surface area contributed by atoms with E-state index in [1.54, 1.807) is 6.33 Å². The summed E-state index contributed by atoms with van der Waals surface area (Å²) in [5.41, 5.74) is 3.67. The third-order valence-electron chi connectivity index (χ3n) is 5.32. The van der Waals surface area contributed by atoms with Crippen molar-refractivity contribution in [2.24, 2.45) is 0 Å². The molecule has 1 heterocycles. The van der Waals surface area contributed by atoms with E-state index in [0.717, 1.165) is 11.1 Å². The number of hydrogen-bond donors (Lipinski definition) is 0. The molecule has 134 valence electrons. The van der Waals surface area contributed by atoms with Crippen molar-refractivity contribution in [3.63, 3.8) is 0 Å². The van der Waals surface area contributed by atoms with Crippen molar-refractivity contribution in [2.45, 2.75) is 42.5 Å². The van der Waals surface area contributed by atoms with Gasteiger partial charge in [-0.2, -0.15) is 4.39 Å². The molecule has 1 aromatic heterocycles. The highest BCUT2D eigenvalue weighted by molar-refractivity contribution is 9.09. The SMILES string of the molecule is Fc1cn(C(c2ccccc2)c2ccc(C3CCCC(Br)C3)cc2)cn1. The topological polar surface area (TPSA) is 17.8 Å². The average Bonchev–Trinajstić information content (AvgIpc) is 3.09. The number of rotatable bonds is 4. The van der Waals surface area contributed by atoms with Gasteiger partial charge >= 0.3 is 0 Å². The molecule has 0 N–H and O–H groups in total. The second-order valence-electron chi connectivity index (χ2n) is 7.08. The lowest BCUT2D eigenvalue weighted by Crippen LogP contribution is -2.14. The van der Waals surface area contributed by atoms with Crippen LogP contribution in [0.25, 0.3) is 0 Å². The molecule has 0 saturated heterocycles. The van der Waals surface area contributed by atoms with Gasteiger partial charge in [-0.3, -0.25) is 0 Å². The van der Waals surface area contributed by atoms with Gasteiger partial charge in [0, 0.05) is 4.83 Å². The summed E-state index contributed by atoms with van der Waals surface area (Å²) >= 11 is 3.78. The maximum Gasteiger partial charge on any atom is 0.230 e. The van der Waals surface area contributed by atoms with Crippen LogP contribution in [0.1, 0.15) is 54.3 Å². The zero-order valence-corrected chi connectivity index (χ0v) is 16.1. The van der Waals surface area contributed by atoms with Gasteiger partial charge in [-0.05, 0) is 41.9 Å². The summed E-state index contributed by atoms with van der Waals surface area (Å²) in [5, 5.41) is 0. The van der Waals surface area contributed by atoms with Crippen molar-refractivity contribution >= 4 is 15.9 Å². The Morgan fingerprint density at radius 1 is 1.00 bits per heavy atom. The molecule has 0 amide bonds. The smallest absolute Gasteiger partial charge is 0.230 e. The van der Waals surface area contributed by atoms with Gasteiger partial charge in [0.15, 0.2) is 0 Å². The van der Waals surface area contributed by atoms with Crippen LogP contribution in [-0.2, 0) is 0 Å². The second kappa shape index (κ2) is 7.75. The zero-order chi connectivity index (χ0) is 17.9. The summed E-state index contributed by atoms with van der Waals surface area (Å²) in [4.78, 5) is 4.41. The standard InChI is InChI=1S/C22H22BrFN2/c23-20-8-4-7-19(13-20)16-9-11-18(12-10-16)22(17-5-2-1-3-6-17)26-14-21(24)25-15-26/h1-3,5-6,9-12,14-15,19-20,22H,4,7-8,13H2. The molecule has 0 aliphatic heterocycles. The molecule has 1 saturated carbocycles. The molecule has 1 fully saturated rings. The van der Waals surface area contributed by atoms with Crippen LogP contribution in [-0.4, -0.2) is 14.4 Å². The van der Waals surface area contributed by atoms with Gasteiger partial charge in [-0.15, -0.1) is 0 Å². The molecule has 26 heavy (non-hydrogen) atoms. The van der Waals surface area contributed by atoms with Crippen molar-refractivity contribution in [2.75, 3.05) is 0 Å². The van der Waals surface area contributed by atoms with Crippen LogP contribution in [0.5, 0.6) is 0 Å². The van der Waals surface area contributed by atoms with Gasteiger partial charge in [-0.25, -0.2) is 4.98 Å². The minimum atomic E-state index is -0.451. The Balaban J connectivity index is 1.66. The summed E-state index contributed by atoms with van der Waals surface area (Å²) in [6.45, 7) is 0. The molecule has 4 rings (SSSR count). The molecule has 3 aromatic rings. The van der Waals surface area contributed by atoms with E-state index in [0.29, 0.717) is 10.7 Å². The van der Waals surface area contributed by atoms with Crippen LogP contribution in [0.2, 0.25) is 0 Å². The van der Waals surface area contributed by atoms with E-state index in [9.17, 15) is 4.39 Å². The number of halogens is 2. The molecule has 3 unspecified atom stereocenters. The number of hydrogen-bond acceptors (Lipinski definition) is 1. The van der Waals surface area contributed by atoms with Crippen LogP contribution in [0.3, 0.4) is 0 Å². The van der Waals surface area contributed by atoms with E-state index in [1.807, 2.05) is 22.8 Å². The van der Waals surface area contributed by atoms with Crippen molar-refractivity contribution in [1.82, 2.24) is 9.55 Å². The normalized spacial score (nSPS) is 21.5. The summed E-state index contributed by atoms with van der Waals surface area (Å²) in [6.07, 6.45) is 8.05. The maximum absolute atomic E-state index is 13.5. The third-order valence-corrected chi connectivity index (χ3v) is 6.15. The van der Waals surface area contributed by atoms with E-state index in [2.05, 4.69) is 57.3 Å². The van der Waals surface area contributed by atoms with Crippen molar-refractivity contribution in [1.29, 1.82) is 0 Å². The van der Waals surface area contributed by atoms with E-state index >= 15 is 0 Å². The number of benzene rings is 2. The van der Waals surface area contributed by atoms with Gasteiger partial charge in [0.25, 0.3) is 0 Å². The molecule has 2 aromatic carbocycles. The lowest BCUT2D eigenvalue weighted by molar-refractivity contribution is 0.458. The second-order valence-corrected chi connectivity index (χ2v) is 8.38. The summed E-state index contributed by atoms with van der Waals surface area (Å²) in [6, 6.07) is 19.0. The Labute approximate surface area is 162 Å². The Bertz CT molecular complexity index is 844. The van der Waals surface area contributed by atoms with Gasteiger partial charge < -0.3 is 4.57 Å². The predicted octanol–water partition coefficient (Wildman–Crippen LogP) is 6.08. The van der Waals surface area contributed by atoms with E-state index in [4.69, 9.17) is 0 Å². The minimum absolute atomic E-state index is 0.0717. The predicted molar refractivity (Wildman–Crippen MR) is 106 cm³/mol. The largest absolute Gasteiger partial charge is 0.323 e. The van der Waals surface area contributed by atoms with Gasteiger partial charge in [0.1, 0.15) is 0 Å². The number of nitrogens with zero attached hydrogens (tertiary/aromatic N) is 2. The van der Waals surface area contributed by atoms with Gasteiger partial charge in [0.05, 0.1) is 18.6 Å². The Hall–Kier alpha value is -1.94. The quantitative estimate of drug-likeness (QED) is 0.474. The monoisotopic (exact) mass is 412 g/mol. The van der Waals surface area contributed by atoms with Crippen molar-refractivity contribution in [3.05, 3.63) is 89.8 Å². The molecule has 0 spiro atoms. The van der Waals surface area contributed by atoms with Crippen molar-refractivity contribution in [3.8, 4) is 0 Å². The highest BCUT2D eigenvalue weighted by Gasteiger charge is 2.22. The minimum Gasteiger partial charge on any atom is -0.323 e. The summed E-state index contributed by atoms with van der Waals surface area (Å²) in [7, 11) is 0. The number of alkyl halides is 1. The lowest BCUT2D eigenvalue weighted by atomic mass is 9.83. The van der Waals surface area contributed by atoms with Crippen molar-refractivity contribution < 1.29 is 4.39 Å². The first-order valence-corrected chi connectivity index (χ1v) is 10.1. The highest BCUT2D eigenvalue weighted by Crippen LogP contribution is 2.37. The lowest BCUT2D eigenvalue weighted by Gasteiger charge is -2.26. The van der Waals surface area contributed by atoms with Gasteiger partial charge in [0.2, 0.25) is 5.95 Å². The first-order chi connectivity index (χ1) is 12.7. The average molecular weight is 413 g/mol. The highest BCUT2D eigenvalue weighted by atomic mass is 79.9. The number of aromatic nitrogens is 2. The van der Waals surface area contributed by atoms with Crippen LogP contribution >= 0.6 is 15.9 Å². The summed E-state index contributed by atoms with van der Waals surface area (Å²) < 4.78 is 15.4. The summed E-state index contributed by atoms with van der Waals surface area (Å²) in [5.74, 6) is 0.177. The fourth-order valence-electron chi connectivity index (χ4n) is 4.01. The molecular weight excluding hydrogens is 391 g/mol. The zero-order valence-electron chi connectivity index (χ0n) is 14.6. The fraction of sp³-hybridized carbons (Fsp3) is 0.318. The maximum atomic E-state index is 13.5. The van der Waals surface area contributed by atoms with E-state index in [-0.39, 0.29) is 6.04 Å². The van der Waals surface area contributed by atoms with Crippen LogP contribution < -0.4 is 0 Å². The first-order valence-electron chi connectivity index (χ1n) is 9.18. The molecular formula is C22H22BrFN2. The number of imidazole rings is 1. The molecule has 3 atom stereocenters. The van der Waals surface area contributed by atoms with Crippen LogP contribution in [0.15, 0.2) is 67.1 Å². The first kappa shape index (κ1) is 17.5. The van der Waals surface area contributed by atoms with E-state index < -0.39 is 5.95 Å². The molecule has 4 heteroatoms. The fourth-order valence-corrected chi connectivity index (χ4v) is 4.78. The molecule has 0 bridgehead atoms. The third kappa shape index (κ3) is 3.75. The van der Waals surface area contributed by atoms with Crippen LogP contribution in [0.4, 0.5) is 4.39 Å².